The monoisotopic (exact) mass is 312 g/mol. The molecule has 22 heavy (non-hydrogen) atoms. The molecule has 0 atom stereocenters. The van der Waals surface area contributed by atoms with Gasteiger partial charge in [0.1, 0.15) is 5.82 Å². The normalized spacial score (nSPS) is 15.4. The van der Waals surface area contributed by atoms with Crippen molar-refractivity contribution in [2.75, 3.05) is 31.1 Å². The molecule has 0 amide bonds. The van der Waals surface area contributed by atoms with E-state index in [0.717, 1.165) is 48.1 Å². The molecule has 1 saturated heterocycles. The molecule has 1 fully saturated rings. The van der Waals surface area contributed by atoms with Gasteiger partial charge in [0.15, 0.2) is 0 Å². The third kappa shape index (κ3) is 2.45. The number of rotatable bonds is 2. The van der Waals surface area contributed by atoms with E-state index in [2.05, 4.69) is 37.9 Å². The lowest BCUT2D eigenvalue weighted by Crippen LogP contribution is -2.43. The van der Waals surface area contributed by atoms with Gasteiger partial charge in [-0.05, 0) is 36.4 Å². The molecule has 0 bridgehead atoms. The predicted molar refractivity (Wildman–Crippen MR) is 90.7 cm³/mol. The summed E-state index contributed by atoms with van der Waals surface area (Å²) in [7, 11) is 0. The Balaban J connectivity index is 1.72. The van der Waals surface area contributed by atoms with Gasteiger partial charge in [-0.25, -0.2) is 4.98 Å². The molecule has 1 aliphatic heterocycles. The smallest absolute Gasteiger partial charge is 0.144 e. The molecule has 3 aromatic rings. The first-order valence-electron chi connectivity index (χ1n) is 7.50. The maximum atomic E-state index is 5.96. The van der Waals surface area contributed by atoms with Crippen LogP contribution in [0.15, 0.2) is 48.8 Å². The highest BCUT2D eigenvalue weighted by molar-refractivity contribution is 6.30. The minimum atomic E-state index is 0.741. The molecule has 5 heteroatoms. The number of benzene rings is 1. The summed E-state index contributed by atoms with van der Waals surface area (Å²) in [6.45, 7) is 4.18. The van der Waals surface area contributed by atoms with Gasteiger partial charge in [-0.2, -0.15) is 0 Å². The molecule has 4 rings (SSSR count). The van der Waals surface area contributed by atoms with Gasteiger partial charge in [-0.3, -0.25) is 4.40 Å². The topological polar surface area (TPSA) is 32.6 Å². The molecule has 0 aliphatic carbocycles. The number of halogens is 1. The van der Waals surface area contributed by atoms with Crippen molar-refractivity contribution in [1.82, 2.24) is 14.7 Å². The third-order valence-electron chi connectivity index (χ3n) is 4.10. The van der Waals surface area contributed by atoms with Gasteiger partial charge in [0, 0.05) is 48.6 Å². The number of hydrogen-bond donors (Lipinski definition) is 1. The Bertz CT molecular complexity index is 788. The maximum Gasteiger partial charge on any atom is 0.144 e. The van der Waals surface area contributed by atoms with Crippen LogP contribution in [0.25, 0.3) is 16.9 Å². The lowest BCUT2D eigenvalue weighted by molar-refractivity contribution is 0.589. The number of piperazine rings is 1. The molecular formula is C17H17ClN4. The van der Waals surface area contributed by atoms with Gasteiger partial charge < -0.3 is 10.2 Å². The fraction of sp³-hybridized carbons (Fsp3) is 0.235. The summed E-state index contributed by atoms with van der Waals surface area (Å²) < 4.78 is 2.12. The number of anilines is 1. The zero-order chi connectivity index (χ0) is 14.9. The van der Waals surface area contributed by atoms with E-state index in [1.54, 1.807) is 0 Å². The molecule has 3 heterocycles. The quantitative estimate of drug-likeness (QED) is 0.789. The molecule has 0 spiro atoms. The zero-order valence-corrected chi connectivity index (χ0v) is 12.9. The van der Waals surface area contributed by atoms with E-state index in [1.165, 1.54) is 5.69 Å². The molecule has 1 N–H and O–H groups in total. The molecule has 1 aliphatic rings. The molecule has 0 radical (unpaired) electrons. The molecule has 112 valence electrons. The van der Waals surface area contributed by atoms with Crippen LogP contribution in [-0.4, -0.2) is 35.6 Å². The van der Waals surface area contributed by atoms with Crippen molar-refractivity contribution in [2.45, 2.75) is 0 Å². The fourth-order valence-corrected chi connectivity index (χ4v) is 3.05. The number of imidazole rings is 1. The Labute approximate surface area is 134 Å². The second-order valence-corrected chi connectivity index (χ2v) is 5.94. The van der Waals surface area contributed by atoms with Gasteiger partial charge in [0.25, 0.3) is 0 Å². The molecule has 0 saturated carbocycles. The Morgan fingerprint density at radius 3 is 2.59 bits per heavy atom. The van der Waals surface area contributed by atoms with Crippen molar-refractivity contribution in [3.63, 3.8) is 0 Å². The van der Waals surface area contributed by atoms with Crippen molar-refractivity contribution in [1.29, 1.82) is 0 Å². The highest BCUT2D eigenvalue weighted by atomic mass is 35.5. The van der Waals surface area contributed by atoms with Crippen LogP contribution in [0.4, 0.5) is 5.69 Å². The minimum absolute atomic E-state index is 0.741. The number of pyridine rings is 1. The number of nitrogens with zero attached hydrogens (tertiary/aromatic N) is 3. The van der Waals surface area contributed by atoms with Gasteiger partial charge in [-0.15, -0.1) is 0 Å². The Morgan fingerprint density at radius 2 is 1.82 bits per heavy atom. The van der Waals surface area contributed by atoms with Crippen LogP contribution in [0.2, 0.25) is 5.02 Å². The first-order valence-corrected chi connectivity index (χ1v) is 7.88. The molecule has 2 aromatic heterocycles. The zero-order valence-electron chi connectivity index (χ0n) is 12.2. The van der Waals surface area contributed by atoms with Gasteiger partial charge >= 0.3 is 0 Å². The lowest BCUT2D eigenvalue weighted by Gasteiger charge is -2.29. The number of fused-ring (bicyclic) bond motifs is 1. The summed E-state index contributed by atoms with van der Waals surface area (Å²) >= 11 is 5.96. The molecule has 1 aromatic carbocycles. The predicted octanol–water partition coefficient (Wildman–Crippen LogP) is 3.06. The SMILES string of the molecule is Clc1ccc(-c2ncc3cc(N4CCNCC4)ccn23)cc1. The van der Waals surface area contributed by atoms with E-state index in [1.807, 2.05) is 30.5 Å². The van der Waals surface area contributed by atoms with Crippen molar-refractivity contribution in [2.24, 2.45) is 0 Å². The van der Waals surface area contributed by atoms with Crippen LogP contribution >= 0.6 is 11.6 Å². The molecule has 4 nitrogen and oxygen atoms in total. The lowest BCUT2D eigenvalue weighted by atomic mass is 10.2. The largest absolute Gasteiger partial charge is 0.369 e. The van der Waals surface area contributed by atoms with Gasteiger partial charge in [-0.1, -0.05) is 11.6 Å². The molecule has 0 unspecified atom stereocenters. The van der Waals surface area contributed by atoms with Gasteiger partial charge in [0.2, 0.25) is 0 Å². The van der Waals surface area contributed by atoms with E-state index in [0.29, 0.717) is 0 Å². The van der Waals surface area contributed by atoms with Crippen LogP contribution in [0.1, 0.15) is 0 Å². The second kappa shape index (κ2) is 5.63. The summed E-state index contributed by atoms with van der Waals surface area (Å²) in [5, 5.41) is 4.12. The van der Waals surface area contributed by atoms with E-state index in [4.69, 9.17) is 11.6 Å². The third-order valence-corrected chi connectivity index (χ3v) is 4.35. The first-order chi connectivity index (χ1) is 10.8. The van der Waals surface area contributed by atoms with Crippen molar-refractivity contribution in [3.05, 3.63) is 53.8 Å². The number of hydrogen-bond acceptors (Lipinski definition) is 3. The Morgan fingerprint density at radius 1 is 1.05 bits per heavy atom. The summed E-state index contributed by atoms with van der Waals surface area (Å²) in [6.07, 6.45) is 4.03. The average Bonchev–Trinajstić information content (AvgIpc) is 2.99. The summed E-state index contributed by atoms with van der Waals surface area (Å²) in [4.78, 5) is 6.98. The first kappa shape index (κ1) is 13.6. The van der Waals surface area contributed by atoms with E-state index in [-0.39, 0.29) is 0 Å². The van der Waals surface area contributed by atoms with Crippen molar-refractivity contribution < 1.29 is 0 Å². The Hall–Kier alpha value is -2.04. The average molecular weight is 313 g/mol. The highest BCUT2D eigenvalue weighted by Crippen LogP contribution is 2.24. The van der Waals surface area contributed by atoms with Crippen LogP contribution < -0.4 is 10.2 Å². The standard InChI is InChI=1S/C17H17ClN4/c18-14-3-1-13(2-4-14)17-20-12-16-11-15(5-8-22(16)17)21-9-6-19-7-10-21/h1-5,8,11-12,19H,6-7,9-10H2. The maximum absolute atomic E-state index is 5.96. The fourth-order valence-electron chi connectivity index (χ4n) is 2.92. The van der Waals surface area contributed by atoms with Gasteiger partial charge in [0.05, 0.1) is 11.7 Å². The van der Waals surface area contributed by atoms with Crippen LogP contribution in [0, 0.1) is 0 Å². The second-order valence-electron chi connectivity index (χ2n) is 5.51. The number of nitrogens with one attached hydrogen (secondary N) is 1. The van der Waals surface area contributed by atoms with Crippen LogP contribution in [0.3, 0.4) is 0 Å². The van der Waals surface area contributed by atoms with Crippen LogP contribution in [0.5, 0.6) is 0 Å². The highest BCUT2D eigenvalue weighted by Gasteiger charge is 2.12. The molecular weight excluding hydrogens is 296 g/mol. The Kier molecular flexibility index (Phi) is 3.48. The summed E-state index contributed by atoms with van der Waals surface area (Å²) in [5.41, 5.74) is 3.44. The van der Waals surface area contributed by atoms with E-state index < -0.39 is 0 Å². The van der Waals surface area contributed by atoms with Crippen molar-refractivity contribution in [3.8, 4) is 11.4 Å². The summed E-state index contributed by atoms with van der Waals surface area (Å²) in [6, 6.07) is 12.2. The van der Waals surface area contributed by atoms with Crippen molar-refractivity contribution >= 4 is 22.8 Å². The summed E-state index contributed by atoms with van der Waals surface area (Å²) in [5.74, 6) is 0.943. The van der Waals surface area contributed by atoms with E-state index >= 15 is 0 Å². The van der Waals surface area contributed by atoms with Crippen LogP contribution in [-0.2, 0) is 0 Å². The van der Waals surface area contributed by atoms with E-state index in [9.17, 15) is 0 Å². The number of aromatic nitrogens is 2. The minimum Gasteiger partial charge on any atom is -0.369 e.